The first kappa shape index (κ1) is 13.7. The zero-order valence-corrected chi connectivity index (χ0v) is 12.0. The summed E-state index contributed by atoms with van der Waals surface area (Å²) in [7, 11) is 0. The van der Waals surface area contributed by atoms with Crippen molar-refractivity contribution in [2.45, 2.75) is 13.1 Å². The lowest BCUT2D eigenvalue weighted by Crippen LogP contribution is -2.12. The summed E-state index contributed by atoms with van der Waals surface area (Å²) in [4.78, 5) is 14.7. The maximum Gasteiger partial charge on any atom is 0.324 e. The third-order valence-corrected chi connectivity index (χ3v) is 4.11. The number of benzene rings is 1. The Balaban J connectivity index is 1.68. The summed E-state index contributed by atoms with van der Waals surface area (Å²) < 4.78 is 0. The van der Waals surface area contributed by atoms with E-state index >= 15 is 0 Å². The van der Waals surface area contributed by atoms with Crippen molar-refractivity contribution < 1.29 is 4.92 Å². The molecule has 0 unspecified atom stereocenters. The second-order valence-electron chi connectivity index (χ2n) is 4.65. The number of hydrogen-bond donors (Lipinski definition) is 1. The molecule has 3 rings (SSSR count). The highest BCUT2D eigenvalue weighted by molar-refractivity contribution is 7.13. The summed E-state index contributed by atoms with van der Waals surface area (Å²) in [5.74, 6) is 0. The maximum atomic E-state index is 10.6. The fourth-order valence-corrected chi connectivity index (χ4v) is 2.93. The number of para-hydroxylation sites is 1. The topological polar surface area (TPSA) is 68.1 Å². The van der Waals surface area contributed by atoms with Gasteiger partial charge in [-0.15, -0.1) is 0 Å². The van der Waals surface area contributed by atoms with Crippen LogP contribution in [0.4, 0.5) is 5.00 Å². The Hall–Kier alpha value is -2.31. The lowest BCUT2D eigenvalue weighted by atomic mass is 10.1. The molecule has 0 aliphatic rings. The van der Waals surface area contributed by atoms with Crippen LogP contribution in [0.3, 0.4) is 0 Å². The van der Waals surface area contributed by atoms with E-state index in [2.05, 4.69) is 10.3 Å². The van der Waals surface area contributed by atoms with Crippen LogP contribution in [0.25, 0.3) is 10.9 Å². The average Bonchev–Trinajstić information content (AvgIpc) is 2.97. The van der Waals surface area contributed by atoms with Crippen molar-refractivity contribution in [3.05, 3.63) is 69.2 Å². The second-order valence-corrected chi connectivity index (χ2v) is 5.54. The molecular formula is C15H13N3O2S. The highest BCUT2D eigenvalue weighted by Crippen LogP contribution is 2.22. The molecule has 3 aromatic rings. The van der Waals surface area contributed by atoms with Crippen molar-refractivity contribution in [2.75, 3.05) is 0 Å². The molecule has 0 saturated heterocycles. The van der Waals surface area contributed by atoms with Crippen molar-refractivity contribution in [3.63, 3.8) is 0 Å². The Morgan fingerprint density at radius 2 is 2.10 bits per heavy atom. The van der Waals surface area contributed by atoms with Crippen molar-refractivity contribution in [3.8, 4) is 0 Å². The Morgan fingerprint density at radius 3 is 2.90 bits per heavy atom. The van der Waals surface area contributed by atoms with Crippen LogP contribution in [0.5, 0.6) is 0 Å². The third kappa shape index (κ3) is 3.07. The van der Waals surface area contributed by atoms with E-state index in [1.54, 1.807) is 12.3 Å². The number of nitrogens with one attached hydrogen (secondary N) is 1. The van der Waals surface area contributed by atoms with Gasteiger partial charge < -0.3 is 5.32 Å². The molecule has 0 fully saturated rings. The highest BCUT2D eigenvalue weighted by Gasteiger charge is 2.09. The van der Waals surface area contributed by atoms with E-state index in [4.69, 9.17) is 0 Å². The predicted octanol–water partition coefficient (Wildman–Crippen LogP) is 3.49. The number of nitro groups is 1. The monoisotopic (exact) mass is 299 g/mol. The van der Waals surface area contributed by atoms with Crippen molar-refractivity contribution in [1.82, 2.24) is 10.3 Å². The fraction of sp³-hybridized carbons (Fsp3) is 0.133. The maximum absolute atomic E-state index is 10.6. The van der Waals surface area contributed by atoms with Gasteiger partial charge in [-0.25, -0.2) is 0 Å². The zero-order chi connectivity index (χ0) is 14.7. The molecule has 0 spiro atoms. The summed E-state index contributed by atoms with van der Waals surface area (Å²) in [6.45, 7) is 1.28. The van der Waals surface area contributed by atoms with E-state index in [0.717, 1.165) is 33.4 Å². The van der Waals surface area contributed by atoms with Crippen LogP contribution in [0.1, 0.15) is 11.1 Å². The third-order valence-electron chi connectivity index (χ3n) is 3.18. The van der Waals surface area contributed by atoms with Gasteiger partial charge in [-0.1, -0.05) is 35.6 Å². The van der Waals surface area contributed by atoms with Crippen molar-refractivity contribution in [2.24, 2.45) is 0 Å². The molecule has 2 aromatic heterocycles. The van der Waals surface area contributed by atoms with Crippen molar-refractivity contribution >= 4 is 27.2 Å². The van der Waals surface area contributed by atoms with Crippen LogP contribution >= 0.6 is 11.3 Å². The molecule has 6 heteroatoms. The van der Waals surface area contributed by atoms with Gasteiger partial charge >= 0.3 is 5.00 Å². The molecule has 0 saturated carbocycles. The molecule has 1 N–H and O–H groups in total. The Bertz CT molecular complexity index is 780. The molecule has 0 radical (unpaired) electrons. The first-order valence-corrected chi connectivity index (χ1v) is 7.37. The minimum Gasteiger partial charge on any atom is -0.309 e. The van der Waals surface area contributed by atoms with Gasteiger partial charge in [-0.2, -0.15) is 0 Å². The van der Waals surface area contributed by atoms with E-state index in [-0.39, 0.29) is 9.92 Å². The smallest absolute Gasteiger partial charge is 0.309 e. The van der Waals surface area contributed by atoms with Crippen LogP contribution < -0.4 is 5.32 Å². The Labute approximate surface area is 125 Å². The van der Waals surface area contributed by atoms with Gasteiger partial charge in [-0.05, 0) is 17.2 Å². The minimum absolute atomic E-state index is 0.179. The lowest BCUT2D eigenvalue weighted by Gasteiger charge is -2.06. The standard InChI is InChI=1S/C15H13N3O2S/c19-18(20)14-7-11(10-21-14)8-16-9-13-4-1-3-12-5-2-6-17-15(12)13/h1-7,10,16H,8-9H2. The van der Waals surface area contributed by atoms with Crippen LogP contribution in [0.15, 0.2) is 48.0 Å². The lowest BCUT2D eigenvalue weighted by molar-refractivity contribution is -0.380. The van der Waals surface area contributed by atoms with E-state index in [1.807, 2.05) is 35.7 Å². The largest absolute Gasteiger partial charge is 0.324 e. The quantitative estimate of drug-likeness (QED) is 0.578. The predicted molar refractivity (Wildman–Crippen MR) is 83.3 cm³/mol. The van der Waals surface area contributed by atoms with Gasteiger partial charge in [-0.3, -0.25) is 15.1 Å². The first-order valence-electron chi connectivity index (χ1n) is 6.49. The molecule has 5 nitrogen and oxygen atoms in total. The number of nitrogens with zero attached hydrogens (tertiary/aromatic N) is 2. The van der Waals surface area contributed by atoms with E-state index in [9.17, 15) is 10.1 Å². The summed E-state index contributed by atoms with van der Waals surface area (Å²) in [6, 6.07) is 11.7. The van der Waals surface area contributed by atoms with Gasteiger partial charge in [0.15, 0.2) is 0 Å². The SMILES string of the molecule is O=[N+]([O-])c1cc(CNCc2cccc3cccnc23)cs1. The first-order chi connectivity index (χ1) is 10.2. The Kier molecular flexibility index (Phi) is 3.89. The van der Waals surface area contributed by atoms with Gasteiger partial charge in [0, 0.05) is 36.1 Å². The molecule has 21 heavy (non-hydrogen) atoms. The summed E-state index contributed by atoms with van der Waals surface area (Å²) in [5.41, 5.74) is 3.04. The number of fused-ring (bicyclic) bond motifs is 1. The van der Waals surface area contributed by atoms with Crippen LogP contribution in [-0.4, -0.2) is 9.91 Å². The van der Waals surface area contributed by atoms with E-state index in [0.29, 0.717) is 13.1 Å². The number of aromatic nitrogens is 1. The number of hydrogen-bond acceptors (Lipinski definition) is 5. The van der Waals surface area contributed by atoms with Crippen LogP contribution in [-0.2, 0) is 13.1 Å². The Morgan fingerprint density at radius 1 is 1.24 bits per heavy atom. The average molecular weight is 299 g/mol. The molecule has 0 bridgehead atoms. The van der Waals surface area contributed by atoms with Crippen molar-refractivity contribution in [1.29, 1.82) is 0 Å². The van der Waals surface area contributed by atoms with E-state index in [1.165, 1.54) is 0 Å². The number of thiophene rings is 1. The molecular weight excluding hydrogens is 286 g/mol. The van der Waals surface area contributed by atoms with Gasteiger partial charge in [0.05, 0.1) is 10.4 Å². The second kappa shape index (κ2) is 5.99. The van der Waals surface area contributed by atoms with Crippen LogP contribution in [0.2, 0.25) is 0 Å². The molecule has 0 aliphatic heterocycles. The van der Waals surface area contributed by atoms with Gasteiger partial charge in [0.25, 0.3) is 0 Å². The normalized spacial score (nSPS) is 10.9. The molecule has 0 amide bonds. The molecule has 106 valence electrons. The fourth-order valence-electron chi connectivity index (χ4n) is 2.20. The molecule has 0 atom stereocenters. The van der Waals surface area contributed by atoms with Gasteiger partial charge in [0.1, 0.15) is 0 Å². The summed E-state index contributed by atoms with van der Waals surface area (Å²) in [6.07, 6.45) is 1.79. The van der Waals surface area contributed by atoms with E-state index < -0.39 is 0 Å². The minimum atomic E-state index is -0.358. The highest BCUT2D eigenvalue weighted by atomic mass is 32.1. The number of pyridine rings is 1. The van der Waals surface area contributed by atoms with Gasteiger partial charge in [0.2, 0.25) is 0 Å². The molecule has 0 aliphatic carbocycles. The molecule has 1 aromatic carbocycles. The molecule has 2 heterocycles. The van der Waals surface area contributed by atoms with Crippen LogP contribution in [0, 0.1) is 10.1 Å². The number of rotatable bonds is 5. The summed E-state index contributed by atoms with van der Waals surface area (Å²) in [5, 5.41) is 17.1. The zero-order valence-electron chi connectivity index (χ0n) is 11.2. The summed E-state index contributed by atoms with van der Waals surface area (Å²) >= 11 is 1.16.